The first kappa shape index (κ1) is 23.1. The summed E-state index contributed by atoms with van der Waals surface area (Å²) in [5, 5.41) is 8.33. The number of carboxylic acid groups (broad SMARTS) is 1. The molecule has 0 radical (unpaired) electrons. The molecule has 0 saturated heterocycles. The molecule has 6 nitrogen and oxygen atoms in total. The summed E-state index contributed by atoms with van der Waals surface area (Å²) in [6, 6.07) is 7.01. The molecule has 1 aromatic carbocycles. The van der Waals surface area contributed by atoms with Gasteiger partial charge in [0.05, 0.1) is 0 Å². The van der Waals surface area contributed by atoms with Crippen LogP contribution in [-0.4, -0.2) is 29.6 Å². The summed E-state index contributed by atoms with van der Waals surface area (Å²) in [6.07, 6.45) is 3.63. The Morgan fingerprint density at radius 3 is 2.20 bits per heavy atom. The fraction of sp³-hybridized carbons (Fsp3) is 0.579. The zero-order valence-electron chi connectivity index (χ0n) is 15.5. The number of esters is 1. The number of hydrogen-bond donors (Lipinski definition) is 3. The molecule has 0 aliphatic heterocycles. The van der Waals surface area contributed by atoms with Crippen molar-refractivity contribution < 1.29 is 19.4 Å². The maximum absolute atomic E-state index is 11.0. The van der Waals surface area contributed by atoms with Gasteiger partial charge in [0.1, 0.15) is 11.8 Å². The molecule has 0 heterocycles. The van der Waals surface area contributed by atoms with Gasteiger partial charge in [0.25, 0.3) is 0 Å². The number of carbonyl (C=O) groups is 2. The zero-order valence-corrected chi connectivity index (χ0v) is 15.5. The summed E-state index contributed by atoms with van der Waals surface area (Å²) in [5.74, 6) is 0.159. The van der Waals surface area contributed by atoms with E-state index in [2.05, 4.69) is 13.8 Å². The monoisotopic (exact) mass is 352 g/mol. The highest BCUT2D eigenvalue weighted by Gasteiger charge is 2.09. The molecule has 0 saturated carbocycles. The summed E-state index contributed by atoms with van der Waals surface area (Å²) in [4.78, 5) is 21.2. The fourth-order valence-electron chi connectivity index (χ4n) is 2.00. The van der Waals surface area contributed by atoms with E-state index in [1.165, 1.54) is 5.56 Å². The third kappa shape index (κ3) is 12.1. The van der Waals surface area contributed by atoms with Crippen LogP contribution in [0.1, 0.15) is 52.0 Å². The molecule has 0 spiro atoms. The van der Waals surface area contributed by atoms with Crippen LogP contribution in [0.4, 0.5) is 0 Å². The Balaban J connectivity index is 0.000000504. The third-order valence-corrected chi connectivity index (χ3v) is 3.37. The minimum atomic E-state index is -0.933. The summed E-state index contributed by atoms with van der Waals surface area (Å²) < 4.78 is 5.08. The lowest BCUT2D eigenvalue weighted by Crippen LogP contribution is -2.29. The van der Waals surface area contributed by atoms with Crippen LogP contribution in [0.5, 0.6) is 5.75 Å². The Bertz CT molecular complexity index is 501. The predicted molar refractivity (Wildman–Crippen MR) is 99.4 cm³/mol. The smallest absolute Gasteiger partial charge is 0.320 e. The van der Waals surface area contributed by atoms with Crippen LogP contribution in [0.25, 0.3) is 0 Å². The predicted octanol–water partition coefficient (Wildman–Crippen LogP) is 2.73. The van der Waals surface area contributed by atoms with Crippen molar-refractivity contribution in [2.45, 2.75) is 58.9 Å². The lowest BCUT2D eigenvalue weighted by molar-refractivity contribution is -0.138. The Morgan fingerprint density at radius 2 is 1.76 bits per heavy atom. The molecule has 1 atom stereocenters. The number of hydrogen-bond acceptors (Lipinski definition) is 5. The molecule has 0 amide bonds. The van der Waals surface area contributed by atoms with E-state index in [0.717, 1.165) is 19.3 Å². The summed E-state index contributed by atoms with van der Waals surface area (Å²) in [5.41, 5.74) is 11.7. The first-order chi connectivity index (χ1) is 11.8. The quantitative estimate of drug-likeness (QED) is 0.357. The van der Waals surface area contributed by atoms with Crippen molar-refractivity contribution in [3.8, 4) is 5.75 Å². The van der Waals surface area contributed by atoms with Crippen molar-refractivity contribution in [3.05, 3.63) is 29.8 Å². The average molecular weight is 352 g/mol. The van der Waals surface area contributed by atoms with Crippen molar-refractivity contribution >= 4 is 11.9 Å². The Morgan fingerprint density at radius 1 is 1.16 bits per heavy atom. The number of carboxylic acids is 1. The number of carbonyl (C=O) groups excluding carboxylic acids is 1. The molecule has 1 aromatic rings. The van der Waals surface area contributed by atoms with Crippen LogP contribution in [-0.2, 0) is 16.0 Å². The summed E-state index contributed by atoms with van der Waals surface area (Å²) in [6.45, 7) is 6.76. The number of unbranched alkanes of at least 4 members (excludes halogenated alkanes) is 1. The van der Waals surface area contributed by atoms with Crippen molar-refractivity contribution in [1.82, 2.24) is 0 Å². The van der Waals surface area contributed by atoms with Crippen LogP contribution in [0.15, 0.2) is 24.3 Å². The Hall–Kier alpha value is -1.92. The molecule has 25 heavy (non-hydrogen) atoms. The van der Waals surface area contributed by atoms with Gasteiger partial charge in [-0.05, 0) is 49.4 Å². The highest BCUT2D eigenvalue weighted by molar-refractivity contribution is 5.73. The van der Waals surface area contributed by atoms with E-state index in [0.29, 0.717) is 31.1 Å². The lowest BCUT2D eigenvalue weighted by atomic mass is 10.0. The van der Waals surface area contributed by atoms with Crippen molar-refractivity contribution in [2.75, 3.05) is 6.54 Å². The largest absolute Gasteiger partial charge is 0.480 e. The molecule has 0 aliphatic carbocycles. The van der Waals surface area contributed by atoms with Crippen LogP contribution in [0, 0.1) is 5.92 Å². The third-order valence-electron chi connectivity index (χ3n) is 3.37. The van der Waals surface area contributed by atoms with Gasteiger partial charge in [-0.25, -0.2) is 0 Å². The minimum Gasteiger partial charge on any atom is -0.480 e. The Labute approximate surface area is 150 Å². The van der Waals surface area contributed by atoms with Gasteiger partial charge in [-0.15, -0.1) is 0 Å². The molecule has 0 aromatic heterocycles. The first-order valence-corrected chi connectivity index (χ1v) is 8.78. The number of aliphatic carboxylic acids is 1. The summed E-state index contributed by atoms with van der Waals surface area (Å²) in [7, 11) is 0. The van der Waals surface area contributed by atoms with Gasteiger partial charge in [0, 0.05) is 6.42 Å². The minimum absolute atomic E-state index is 0.188. The molecule has 0 aliphatic rings. The van der Waals surface area contributed by atoms with Crippen LogP contribution >= 0.6 is 0 Å². The van der Waals surface area contributed by atoms with E-state index in [1.807, 2.05) is 24.3 Å². The molecular formula is C19H32N2O4. The van der Waals surface area contributed by atoms with Gasteiger partial charge >= 0.3 is 11.9 Å². The highest BCUT2D eigenvalue weighted by Crippen LogP contribution is 2.15. The molecule has 1 rings (SSSR count). The van der Waals surface area contributed by atoms with Crippen molar-refractivity contribution in [2.24, 2.45) is 17.4 Å². The second-order valence-corrected chi connectivity index (χ2v) is 6.30. The number of nitrogens with two attached hydrogens (primary N) is 2. The van der Waals surface area contributed by atoms with Gasteiger partial charge in [0.15, 0.2) is 0 Å². The highest BCUT2D eigenvalue weighted by atomic mass is 16.5. The maximum atomic E-state index is 11.0. The van der Waals surface area contributed by atoms with Gasteiger partial charge in [-0.2, -0.15) is 0 Å². The van der Waals surface area contributed by atoms with E-state index in [1.54, 1.807) is 6.92 Å². The topological polar surface area (TPSA) is 116 Å². The molecule has 0 bridgehead atoms. The van der Waals surface area contributed by atoms with Crippen molar-refractivity contribution in [3.63, 3.8) is 0 Å². The van der Waals surface area contributed by atoms with E-state index in [-0.39, 0.29) is 5.97 Å². The lowest BCUT2D eigenvalue weighted by Gasteiger charge is -2.06. The van der Waals surface area contributed by atoms with Crippen molar-refractivity contribution in [1.29, 1.82) is 0 Å². The normalized spacial score (nSPS) is 11.4. The van der Waals surface area contributed by atoms with E-state index >= 15 is 0 Å². The van der Waals surface area contributed by atoms with Gasteiger partial charge in [0.2, 0.25) is 0 Å². The Kier molecular flexibility index (Phi) is 12.4. The number of benzene rings is 1. The maximum Gasteiger partial charge on any atom is 0.320 e. The molecule has 5 N–H and O–H groups in total. The van der Waals surface area contributed by atoms with Crippen LogP contribution in [0.3, 0.4) is 0 Å². The molecule has 0 fully saturated rings. The van der Waals surface area contributed by atoms with Gasteiger partial charge in [-0.3, -0.25) is 9.59 Å². The fourth-order valence-corrected chi connectivity index (χ4v) is 2.00. The first-order valence-electron chi connectivity index (χ1n) is 8.78. The standard InChI is InChI=1S/C13H18O2.C6H14N2O2/c1-4-13(14)15-12-7-5-11(6-8-12)9-10(2)3;7-4-2-1-3-5(8)6(9)10/h5-8,10H,4,9H2,1-3H3;5H,1-4,7-8H2,(H,9,10). The number of ether oxygens (including phenoxy) is 1. The van der Waals surface area contributed by atoms with E-state index in [4.69, 9.17) is 21.3 Å². The molecule has 142 valence electrons. The SMILES string of the molecule is CCC(=O)Oc1ccc(CC(C)C)cc1.NCCCCC(N)C(=O)O. The van der Waals surface area contributed by atoms with E-state index in [9.17, 15) is 9.59 Å². The second kappa shape index (κ2) is 13.4. The van der Waals surface area contributed by atoms with Gasteiger partial charge in [-0.1, -0.05) is 39.3 Å². The molecular weight excluding hydrogens is 320 g/mol. The molecule has 6 heteroatoms. The molecule has 1 unspecified atom stereocenters. The average Bonchev–Trinajstić information content (AvgIpc) is 2.56. The van der Waals surface area contributed by atoms with Crippen LogP contribution in [0.2, 0.25) is 0 Å². The van der Waals surface area contributed by atoms with E-state index < -0.39 is 12.0 Å². The van der Waals surface area contributed by atoms with Crippen LogP contribution < -0.4 is 16.2 Å². The second-order valence-electron chi connectivity index (χ2n) is 6.30. The summed E-state index contributed by atoms with van der Waals surface area (Å²) >= 11 is 0. The number of rotatable bonds is 9. The zero-order chi connectivity index (χ0) is 19.2. The van der Waals surface area contributed by atoms with Gasteiger partial charge < -0.3 is 21.3 Å².